The first-order chi connectivity index (χ1) is 7.99. The topological polar surface area (TPSA) is 101 Å². The molecule has 0 bridgehead atoms. The van der Waals surface area contributed by atoms with Gasteiger partial charge in [-0.25, -0.2) is 19.0 Å². The average molecular weight is 257 g/mol. The molecular formula is C10H15N3O3S. The number of carbonyl (C=O) groups excluding carboxylic acids is 1. The summed E-state index contributed by atoms with van der Waals surface area (Å²) in [6.07, 6.45) is 0.789. The predicted octanol–water partition coefficient (Wildman–Crippen LogP) is -0.483. The number of benzene rings is 1. The Balaban J connectivity index is 2.72. The van der Waals surface area contributed by atoms with E-state index in [4.69, 9.17) is 5.84 Å². The van der Waals surface area contributed by atoms with E-state index in [1.54, 1.807) is 12.1 Å². The maximum atomic E-state index is 11.4. The molecule has 0 atom stereocenters. The largest absolute Gasteiger partial charge is 0.294 e. The molecule has 0 aliphatic heterocycles. The molecule has 0 saturated carbocycles. The van der Waals surface area contributed by atoms with Gasteiger partial charge in [-0.1, -0.05) is 12.1 Å². The highest BCUT2D eigenvalue weighted by Crippen LogP contribution is 2.11. The maximum absolute atomic E-state index is 11.4. The molecule has 17 heavy (non-hydrogen) atoms. The summed E-state index contributed by atoms with van der Waals surface area (Å²) in [6, 6.07) is 6.35. The van der Waals surface area contributed by atoms with Gasteiger partial charge in [-0.05, 0) is 31.2 Å². The SMILES string of the molecule is CNS(=O)(=O)c1ccc(CCC(=O)NN)cc1. The summed E-state index contributed by atoms with van der Waals surface area (Å²) in [4.78, 5) is 11.1. The van der Waals surface area contributed by atoms with Gasteiger partial charge in [0.05, 0.1) is 4.90 Å². The summed E-state index contributed by atoms with van der Waals surface area (Å²) in [7, 11) is -2.04. The van der Waals surface area contributed by atoms with E-state index in [9.17, 15) is 13.2 Å². The van der Waals surface area contributed by atoms with Crippen molar-refractivity contribution in [1.29, 1.82) is 0 Å². The molecule has 1 amide bonds. The van der Waals surface area contributed by atoms with Crippen molar-refractivity contribution in [2.45, 2.75) is 17.7 Å². The van der Waals surface area contributed by atoms with Crippen LogP contribution < -0.4 is 16.0 Å². The zero-order valence-electron chi connectivity index (χ0n) is 9.43. The van der Waals surface area contributed by atoms with Crippen molar-refractivity contribution in [2.75, 3.05) is 7.05 Å². The molecule has 4 N–H and O–H groups in total. The fourth-order valence-electron chi connectivity index (χ4n) is 1.28. The highest BCUT2D eigenvalue weighted by atomic mass is 32.2. The summed E-state index contributed by atoms with van der Waals surface area (Å²) in [6.45, 7) is 0. The smallest absolute Gasteiger partial charge is 0.240 e. The molecule has 0 unspecified atom stereocenters. The Morgan fingerprint density at radius 2 is 1.88 bits per heavy atom. The third-order valence-electron chi connectivity index (χ3n) is 2.30. The van der Waals surface area contributed by atoms with E-state index in [-0.39, 0.29) is 17.2 Å². The van der Waals surface area contributed by atoms with Crippen LogP contribution in [-0.2, 0) is 21.2 Å². The molecule has 1 rings (SSSR count). The average Bonchev–Trinajstić information content (AvgIpc) is 2.36. The molecule has 7 heteroatoms. The second kappa shape index (κ2) is 5.76. The summed E-state index contributed by atoms with van der Waals surface area (Å²) in [5.41, 5.74) is 2.91. The van der Waals surface area contributed by atoms with E-state index in [1.807, 2.05) is 5.43 Å². The molecule has 0 aromatic heterocycles. The molecule has 0 fully saturated rings. The Morgan fingerprint density at radius 3 is 2.35 bits per heavy atom. The lowest BCUT2D eigenvalue weighted by molar-refractivity contribution is -0.121. The minimum Gasteiger partial charge on any atom is -0.294 e. The van der Waals surface area contributed by atoms with E-state index in [0.29, 0.717) is 6.42 Å². The number of hydrogen-bond donors (Lipinski definition) is 3. The number of rotatable bonds is 5. The minimum atomic E-state index is -3.40. The minimum absolute atomic E-state index is 0.201. The van der Waals surface area contributed by atoms with Crippen molar-refractivity contribution < 1.29 is 13.2 Å². The van der Waals surface area contributed by atoms with Crippen molar-refractivity contribution in [2.24, 2.45) is 5.84 Å². The Bertz CT molecular complexity index is 482. The molecule has 1 aromatic carbocycles. The number of sulfonamides is 1. The molecule has 0 heterocycles. The van der Waals surface area contributed by atoms with Gasteiger partial charge in [0.25, 0.3) is 0 Å². The van der Waals surface area contributed by atoms with Crippen LogP contribution in [0.15, 0.2) is 29.2 Å². The van der Waals surface area contributed by atoms with Gasteiger partial charge in [0, 0.05) is 6.42 Å². The summed E-state index contributed by atoms with van der Waals surface area (Å²) < 4.78 is 25.1. The van der Waals surface area contributed by atoms with Gasteiger partial charge in [0.1, 0.15) is 0 Å². The zero-order chi connectivity index (χ0) is 12.9. The summed E-state index contributed by atoms with van der Waals surface area (Å²) in [5.74, 6) is 4.70. The van der Waals surface area contributed by atoms with Crippen LogP contribution in [0.2, 0.25) is 0 Å². The number of hydrazine groups is 1. The van der Waals surface area contributed by atoms with Crippen LogP contribution in [0.25, 0.3) is 0 Å². The Hall–Kier alpha value is -1.44. The van der Waals surface area contributed by atoms with E-state index >= 15 is 0 Å². The Morgan fingerprint density at radius 1 is 1.29 bits per heavy atom. The van der Waals surface area contributed by atoms with Crippen LogP contribution in [0.1, 0.15) is 12.0 Å². The molecular weight excluding hydrogens is 242 g/mol. The summed E-state index contributed by atoms with van der Waals surface area (Å²) >= 11 is 0. The highest BCUT2D eigenvalue weighted by Gasteiger charge is 2.10. The second-order valence-corrected chi connectivity index (χ2v) is 5.31. The van der Waals surface area contributed by atoms with Crippen molar-refractivity contribution in [1.82, 2.24) is 10.1 Å². The van der Waals surface area contributed by atoms with Gasteiger partial charge in [0.15, 0.2) is 0 Å². The van der Waals surface area contributed by atoms with E-state index < -0.39 is 10.0 Å². The molecule has 6 nitrogen and oxygen atoms in total. The van der Waals surface area contributed by atoms with Crippen molar-refractivity contribution in [3.05, 3.63) is 29.8 Å². The normalized spacial score (nSPS) is 11.2. The Labute approximate surface area is 100 Å². The first-order valence-corrected chi connectivity index (χ1v) is 6.50. The summed E-state index contributed by atoms with van der Waals surface area (Å²) in [5, 5.41) is 0. The molecule has 0 spiro atoms. The van der Waals surface area contributed by atoms with Crippen LogP contribution in [0, 0.1) is 0 Å². The van der Waals surface area contributed by atoms with Crippen molar-refractivity contribution in [3.63, 3.8) is 0 Å². The quantitative estimate of drug-likeness (QED) is 0.376. The second-order valence-electron chi connectivity index (χ2n) is 3.42. The molecule has 0 aliphatic carbocycles. The number of nitrogens with one attached hydrogen (secondary N) is 2. The molecule has 0 saturated heterocycles. The predicted molar refractivity (Wildman–Crippen MR) is 63.3 cm³/mol. The van der Waals surface area contributed by atoms with Gasteiger partial charge in [0.2, 0.25) is 15.9 Å². The lowest BCUT2D eigenvalue weighted by Gasteiger charge is -2.04. The third-order valence-corrected chi connectivity index (χ3v) is 3.73. The van der Waals surface area contributed by atoms with Crippen LogP contribution in [0.4, 0.5) is 0 Å². The molecule has 94 valence electrons. The molecule has 0 radical (unpaired) electrons. The van der Waals surface area contributed by atoms with Gasteiger partial charge < -0.3 is 0 Å². The fraction of sp³-hybridized carbons (Fsp3) is 0.300. The standard InChI is InChI=1S/C10H15N3O3S/c1-12-17(15,16)9-5-2-8(3-6-9)4-7-10(14)13-11/h2-3,5-6,12H,4,7,11H2,1H3,(H,13,14). The van der Waals surface area contributed by atoms with Crippen LogP contribution >= 0.6 is 0 Å². The first-order valence-electron chi connectivity index (χ1n) is 5.01. The van der Waals surface area contributed by atoms with Crippen molar-refractivity contribution in [3.8, 4) is 0 Å². The zero-order valence-corrected chi connectivity index (χ0v) is 10.3. The lowest BCUT2D eigenvalue weighted by Crippen LogP contribution is -2.30. The lowest BCUT2D eigenvalue weighted by atomic mass is 10.1. The van der Waals surface area contributed by atoms with Gasteiger partial charge >= 0.3 is 0 Å². The molecule has 1 aromatic rings. The van der Waals surface area contributed by atoms with Crippen LogP contribution in [-0.4, -0.2) is 21.4 Å². The van der Waals surface area contributed by atoms with Crippen LogP contribution in [0.5, 0.6) is 0 Å². The third kappa shape index (κ3) is 3.81. The number of hydrogen-bond acceptors (Lipinski definition) is 4. The number of aryl methyl sites for hydroxylation is 1. The number of carbonyl (C=O) groups is 1. The van der Waals surface area contributed by atoms with Gasteiger partial charge in [-0.15, -0.1) is 0 Å². The number of nitrogens with two attached hydrogens (primary N) is 1. The molecule has 0 aliphatic rings. The van der Waals surface area contributed by atoms with E-state index in [1.165, 1.54) is 19.2 Å². The van der Waals surface area contributed by atoms with Crippen molar-refractivity contribution >= 4 is 15.9 Å². The first kappa shape index (κ1) is 13.6. The maximum Gasteiger partial charge on any atom is 0.240 e. The van der Waals surface area contributed by atoms with Gasteiger partial charge in [-0.3, -0.25) is 10.2 Å². The van der Waals surface area contributed by atoms with Gasteiger partial charge in [-0.2, -0.15) is 0 Å². The van der Waals surface area contributed by atoms with E-state index in [2.05, 4.69) is 4.72 Å². The highest BCUT2D eigenvalue weighted by molar-refractivity contribution is 7.89. The van der Waals surface area contributed by atoms with Crippen LogP contribution in [0.3, 0.4) is 0 Å². The fourth-order valence-corrected chi connectivity index (χ4v) is 2.01. The number of amides is 1. The Kier molecular flexibility index (Phi) is 4.62. The monoisotopic (exact) mass is 257 g/mol. The van der Waals surface area contributed by atoms with E-state index in [0.717, 1.165) is 5.56 Å².